The zero-order valence-corrected chi connectivity index (χ0v) is 18.0. The standard InChI is InChI=1S/C21H23ClN6O2/c1-21(2,3)19-24-18(25-30-19)16-15-11-27(20(29)26-9-4-5-10-26)17-13(22)7-6-8-14(17)28(15)12-23-16/h6-8,12H,4-5,9-11H2,1-3H3. The van der Waals surface area contributed by atoms with Crippen molar-refractivity contribution in [3.63, 3.8) is 0 Å². The number of aromatic nitrogens is 4. The van der Waals surface area contributed by atoms with Gasteiger partial charge in [0, 0.05) is 18.5 Å². The molecule has 5 rings (SSSR count). The summed E-state index contributed by atoms with van der Waals surface area (Å²) in [7, 11) is 0. The summed E-state index contributed by atoms with van der Waals surface area (Å²) in [5.41, 5.74) is 2.70. The minimum atomic E-state index is -0.261. The molecule has 0 atom stereocenters. The van der Waals surface area contributed by atoms with Gasteiger partial charge < -0.3 is 9.42 Å². The third-order valence-corrected chi connectivity index (χ3v) is 5.86. The van der Waals surface area contributed by atoms with Crippen molar-refractivity contribution in [2.24, 2.45) is 0 Å². The lowest BCUT2D eigenvalue weighted by Gasteiger charge is -2.34. The first-order chi connectivity index (χ1) is 14.3. The number of amides is 2. The van der Waals surface area contributed by atoms with E-state index in [1.54, 1.807) is 11.2 Å². The first kappa shape index (κ1) is 19.1. The lowest BCUT2D eigenvalue weighted by Crippen LogP contribution is -2.44. The van der Waals surface area contributed by atoms with E-state index in [9.17, 15) is 4.79 Å². The van der Waals surface area contributed by atoms with Crippen molar-refractivity contribution >= 4 is 23.3 Å². The second-order valence-corrected chi connectivity index (χ2v) is 9.16. The number of rotatable bonds is 1. The molecule has 9 heteroatoms. The first-order valence-electron chi connectivity index (χ1n) is 10.1. The maximum atomic E-state index is 13.3. The molecule has 2 aliphatic heterocycles. The van der Waals surface area contributed by atoms with E-state index >= 15 is 0 Å². The van der Waals surface area contributed by atoms with Crippen LogP contribution in [-0.4, -0.2) is 43.7 Å². The van der Waals surface area contributed by atoms with Crippen LogP contribution < -0.4 is 4.90 Å². The number of carbonyl (C=O) groups excluding carboxylic acids is 1. The van der Waals surface area contributed by atoms with Crippen molar-refractivity contribution in [2.75, 3.05) is 18.0 Å². The topological polar surface area (TPSA) is 80.3 Å². The van der Waals surface area contributed by atoms with Crippen LogP contribution in [0.1, 0.15) is 45.2 Å². The van der Waals surface area contributed by atoms with Crippen LogP contribution in [0.2, 0.25) is 5.02 Å². The Hall–Kier alpha value is -2.87. The molecule has 1 fully saturated rings. The normalized spacial score (nSPS) is 16.0. The van der Waals surface area contributed by atoms with Gasteiger partial charge in [0.05, 0.1) is 28.6 Å². The molecule has 1 saturated heterocycles. The predicted molar refractivity (Wildman–Crippen MR) is 113 cm³/mol. The number of imidazole rings is 1. The van der Waals surface area contributed by atoms with Crippen LogP contribution in [0.4, 0.5) is 10.5 Å². The Morgan fingerprint density at radius 1 is 1.20 bits per heavy atom. The van der Waals surface area contributed by atoms with E-state index in [-0.39, 0.29) is 11.4 Å². The van der Waals surface area contributed by atoms with Gasteiger partial charge in [0.15, 0.2) is 0 Å². The quantitative estimate of drug-likeness (QED) is 0.575. The van der Waals surface area contributed by atoms with Crippen LogP contribution in [0.5, 0.6) is 0 Å². The molecule has 8 nitrogen and oxygen atoms in total. The SMILES string of the molecule is CC(C)(C)c1nc(-c2ncn3c2CN(C(=O)N2CCCC2)c2c(Cl)cccc2-3)no1. The Morgan fingerprint density at radius 2 is 1.97 bits per heavy atom. The van der Waals surface area contributed by atoms with Crippen molar-refractivity contribution in [1.82, 2.24) is 24.6 Å². The van der Waals surface area contributed by atoms with Gasteiger partial charge in [-0.25, -0.2) is 9.78 Å². The van der Waals surface area contributed by atoms with Crippen molar-refractivity contribution in [3.8, 4) is 17.2 Å². The van der Waals surface area contributed by atoms with E-state index in [0.29, 0.717) is 34.7 Å². The van der Waals surface area contributed by atoms with Gasteiger partial charge in [-0.15, -0.1) is 0 Å². The fourth-order valence-corrected chi connectivity index (χ4v) is 4.25. The molecule has 0 bridgehead atoms. The number of nitrogens with zero attached hydrogens (tertiary/aromatic N) is 6. The summed E-state index contributed by atoms with van der Waals surface area (Å²) in [4.78, 5) is 26.1. The summed E-state index contributed by atoms with van der Waals surface area (Å²) in [5, 5.41) is 4.69. The molecule has 0 N–H and O–H groups in total. The maximum Gasteiger partial charge on any atom is 0.324 e. The zero-order chi connectivity index (χ0) is 21.0. The Kier molecular flexibility index (Phi) is 4.36. The van der Waals surface area contributed by atoms with Gasteiger partial charge in [0.2, 0.25) is 11.7 Å². The molecule has 0 unspecified atom stereocenters. The molecule has 0 aliphatic carbocycles. The molecule has 0 radical (unpaired) electrons. The van der Waals surface area contributed by atoms with Gasteiger partial charge in [-0.05, 0) is 25.0 Å². The van der Waals surface area contributed by atoms with E-state index in [1.165, 1.54) is 0 Å². The van der Waals surface area contributed by atoms with Crippen LogP contribution in [0.15, 0.2) is 29.0 Å². The summed E-state index contributed by atoms with van der Waals surface area (Å²) in [5.74, 6) is 0.969. The molecule has 2 amide bonds. The van der Waals surface area contributed by atoms with E-state index < -0.39 is 0 Å². The third-order valence-electron chi connectivity index (χ3n) is 5.56. The van der Waals surface area contributed by atoms with E-state index in [2.05, 4.69) is 15.1 Å². The summed E-state index contributed by atoms with van der Waals surface area (Å²) >= 11 is 6.55. The van der Waals surface area contributed by atoms with Gasteiger partial charge in [-0.3, -0.25) is 9.47 Å². The monoisotopic (exact) mass is 426 g/mol. The number of para-hydroxylation sites is 1. The van der Waals surface area contributed by atoms with E-state index in [4.69, 9.17) is 16.1 Å². The number of likely N-dealkylation sites (tertiary alicyclic amines) is 1. The summed E-state index contributed by atoms with van der Waals surface area (Å²) in [6.45, 7) is 7.91. The molecule has 2 aromatic heterocycles. The van der Waals surface area contributed by atoms with Gasteiger partial charge in [-0.2, -0.15) is 4.98 Å². The highest BCUT2D eigenvalue weighted by Crippen LogP contribution is 2.40. The van der Waals surface area contributed by atoms with Crippen LogP contribution in [-0.2, 0) is 12.0 Å². The third kappa shape index (κ3) is 2.98. The lowest BCUT2D eigenvalue weighted by molar-refractivity contribution is 0.214. The Balaban J connectivity index is 1.61. The Morgan fingerprint density at radius 3 is 2.67 bits per heavy atom. The maximum absolute atomic E-state index is 13.3. The summed E-state index contributed by atoms with van der Waals surface area (Å²) in [6.07, 6.45) is 3.78. The Bertz CT molecular complexity index is 1120. The van der Waals surface area contributed by atoms with E-state index in [1.807, 2.05) is 48.4 Å². The largest absolute Gasteiger partial charge is 0.338 e. The van der Waals surface area contributed by atoms with Crippen molar-refractivity contribution in [3.05, 3.63) is 41.1 Å². The van der Waals surface area contributed by atoms with E-state index in [0.717, 1.165) is 37.3 Å². The molecule has 0 spiro atoms. The molecule has 2 aliphatic rings. The fraction of sp³-hybridized carbons (Fsp3) is 0.429. The van der Waals surface area contributed by atoms with Gasteiger partial charge in [-0.1, -0.05) is 43.6 Å². The van der Waals surface area contributed by atoms with Crippen LogP contribution >= 0.6 is 11.6 Å². The first-order valence-corrected chi connectivity index (χ1v) is 10.5. The number of fused-ring (bicyclic) bond motifs is 3. The second kappa shape index (κ2) is 6.84. The number of hydrogen-bond donors (Lipinski definition) is 0. The highest BCUT2D eigenvalue weighted by atomic mass is 35.5. The van der Waals surface area contributed by atoms with Crippen molar-refractivity contribution in [1.29, 1.82) is 0 Å². The molecular formula is C21H23ClN6O2. The molecule has 0 saturated carbocycles. The van der Waals surface area contributed by atoms with Gasteiger partial charge >= 0.3 is 6.03 Å². The van der Waals surface area contributed by atoms with Crippen LogP contribution in [0.3, 0.4) is 0 Å². The zero-order valence-electron chi connectivity index (χ0n) is 17.2. The lowest BCUT2D eigenvalue weighted by atomic mass is 9.97. The molecular weight excluding hydrogens is 404 g/mol. The number of halogens is 1. The second-order valence-electron chi connectivity index (χ2n) is 8.75. The Labute approximate surface area is 179 Å². The smallest absolute Gasteiger partial charge is 0.324 e. The van der Waals surface area contributed by atoms with Crippen LogP contribution in [0.25, 0.3) is 17.2 Å². The molecule has 30 heavy (non-hydrogen) atoms. The van der Waals surface area contributed by atoms with Crippen molar-refractivity contribution in [2.45, 2.75) is 45.6 Å². The number of anilines is 1. The van der Waals surface area contributed by atoms with Gasteiger partial charge in [0.25, 0.3) is 0 Å². The minimum absolute atomic E-state index is 0.0382. The fourth-order valence-electron chi connectivity index (χ4n) is 3.98. The molecule has 156 valence electrons. The molecule has 4 heterocycles. The number of benzene rings is 1. The van der Waals surface area contributed by atoms with Gasteiger partial charge in [0.1, 0.15) is 12.0 Å². The molecule has 1 aromatic carbocycles. The highest BCUT2D eigenvalue weighted by Gasteiger charge is 2.35. The summed E-state index contributed by atoms with van der Waals surface area (Å²) < 4.78 is 7.42. The number of urea groups is 1. The number of carbonyl (C=O) groups is 1. The summed E-state index contributed by atoms with van der Waals surface area (Å²) in [6, 6.07) is 5.59. The van der Waals surface area contributed by atoms with Crippen molar-refractivity contribution < 1.29 is 9.32 Å². The minimum Gasteiger partial charge on any atom is -0.338 e. The number of hydrogen-bond acceptors (Lipinski definition) is 5. The average Bonchev–Trinajstić information content (AvgIpc) is 3.45. The predicted octanol–water partition coefficient (Wildman–Crippen LogP) is 4.41. The highest BCUT2D eigenvalue weighted by molar-refractivity contribution is 6.34. The molecule has 3 aromatic rings. The average molecular weight is 427 g/mol. The van der Waals surface area contributed by atoms with Crippen LogP contribution in [0, 0.1) is 0 Å².